The highest BCUT2D eigenvalue weighted by atomic mass is 32.2. The van der Waals surface area contributed by atoms with Gasteiger partial charge < -0.3 is 23.7 Å². The van der Waals surface area contributed by atoms with E-state index < -0.39 is 92.9 Å². The third kappa shape index (κ3) is 7.28. The van der Waals surface area contributed by atoms with Gasteiger partial charge in [-0.3, -0.25) is 25.1 Å². The first-order valence-corrected chi connectivity index (χ1v) is 37.8. The fourth-order valence-electron chi connectivity index (χ4n) is 19.2. The van der Waals surface area contributed by atoms with Gasteiger partial charge in [0.2, 0.25) is 0 Å². The zero-order chi connectivity index (χ0) is 60.2. The number of hydrogen-bond acceptors (Lipinski definition) is 23. The lowest BCUT2D eigenvalue weighted by molar-refractivity contribution is -0.0920. The quantitative estimate of drug-likeness (QED) is 0.310. The Hall–Kier alpha value is -0.740. The van der Waals surface area contributed by atoms with Crippen LogP contribution >= 0.6 is 0 Å². The molecule has 2 aliphatic carbocycles. The van der Waals surface area contributed by atoms with Crippen LogP contribution in [0.4, 0.5) is 0 Å². The first-order chi connectivity index (χ1) is 37.1. The molecule has 18 aliphatic rings. The van der Waals surface area contributed by atoms with Crippen LogP contribution in [0.2, 0.25) is 0 Å². The van der Waals surface area contributed by atoms with Gasteiger partial charge in [-0.1, -0.05) is 90.0 Å². The third-order valence-corrected chi connectivity index (χ3v) is 36.3. The molecule has 12 bridgehead atoms. The largest absolute Gasteiger partial charge is 0.370 e. The Balaban J connectivity index is 0.0000000926. The van der Waals surface area contributed by atoms with Crippen molar-refractivity contribution in [2.24, 2.45) is 50.2 Å². The van der Waals surface area contributed by atoms with Crippen molar-refractivity contribution in [3.8, 4) is 0 Å². The van der Waals surface area contributed by atoms with Crippen LogP contribution in [0.25, 0.3) is 0 Å². The van der Waals surface area contributed by atoms with Gasteiger partial charge in [0.25, 0.3) is 60.7 Å². The van der Waals surface area contributed by atoms with E-state index in [1.54, 1.807) is 0 Å². The van der Waals surface area contributed by atoms with Crippen LogP contribution in [0.5, 0.6) is 0 Å². The van der Waals surface area contributed by atoms with Gasteiger partial charge in [-0.05, 0) is 70.6 Å². The highest BCUT2D eigenvalue weighted by molar-refractivity contribution is 7.89. The van der Waals surface area contributed by atoms with Crippen molar-refractivity contribution in [2.45, 2.75) is 277 Å². The predicted molar refractivity (Wildman–Crippen MR) is 289 cm³/mol. The number of rotatable bonds is 0. The van der Waals surface area contributed by atoms with Gasteiger partial charge in [0.1, 0.15) is 86.8 Å². The van der Waals surface area contributed by atoms with E-state index in [1.807, 2.05) is 76.2 Å². The van der Waals surface area contributed by atoms with E-state index in [2.05, 4.69) is 34.6 Å². The lowest BCUT2D eigenvalue weighted by Crippen LogP contribution is -2.54. The van der Waals surface area contributed by atoms with Gasteiger partial charge in [0, 0.05) is 38.9 Å². The zero-order valence-corrected chi connectivity index (χ0v) is 54.2. The molecule has 0 amide bonds. The summed E-state index contributed by atoms with van der Waals surface area (Å²) in [5.41, 5.74) is -2.29. The minimum Gasteiger partial charge on any atom is -0.370 e. The normalized spacial score (nSPS) is 58.2. The van der Waals surface area contributed by atoms with Gasteiger partial charge in [0.15, 0.2) is 0 Å². The van der Waals surface area contributed by atoms with Gasteiger partial charge in [0.05, 0.1) is 40.9 Å². The fraction of sp³-hybridized carbons (Fsp3) is 1.00. The summed E-state index contributed by atoms with van der Waals surface area (Å²) in [6, 6.07) is 0. The molecule has 18 rings (SSSR count). The molecule has 0 spiro atoms. The molecule has 29 heteroatoms. The van der Waals surface area contributed by atoms with Crippen LogP contribution in [0.1, 0.15) is 149 Å². The van der Waals surface area contributed by atoms with Crippen molar-refractivity contribution in [3.05, 3.63) is 0 Å². The van der Waals surface area contributed by atoms with Crippen molar-refractivity contribution >= 4 is 60.7 Å². The average Bonchev–Trinajstić information content (AvgIpc) is 1.50. The summed E-state index contributed by atoms with van der Waals surface area (Å²) in [5, 5.41) is -2.32. The second kappa shape index (κ2) is 17.0. The first kappa shape index (κ1) is 60.2. The van der Waals surface area contributed by atoms with Crippen molar-refractivity contribution < 1.29 is 99.3 Å². The van der Waals surface area contributed by atoms with E-state index in [0.29, 0.717) is 38.0 Å². The number of fused-ring (bicyclic) bond motifs is 6. The molecule has 0 N–H and O–H groups in total. The number of ether oxygens (including phenoxy) is 5. The van der Waals surface area contributed by atoms with Crippen LogP contribution in [0, 0.1) is 50.2 Å². The second-order valence-corrected chi connectivity index (χ2v) is 40.9. The van der Waals surface area contributed by atoms with E-state index in [0.717, 1.165) is 6.42 Å². The Morgan fingerprint density at radius 2 is 0.890 bits per heavy atom. The van der Waals surface area contributed by atoms with E-state index in [9.17, 15) is 50.5 Å². The maximum Gasteiger partial charge on any atom is 0.273 e. The third-order valence-electron chi connectivity index (χ3n) is 25.9. The molecule has 23 nitrogen and oxygen atoms in total. The van der Waals surface area contributed by atoms with Crippen LogP contribution in [0.15, 0.2) is 0 Å². The van der Waals surface area contributed by atoms with Gasteiger partial charge in [-0.2, -0.15) is 50.5 Å². The molecule has 16 heterocycles. The molecule has 18 fully saturated rings. The molecule has 0 aromatic carbocycles. The molecule has 16 saturated heterocycles. The van der Waals surface area contributed by atoms with Crippen LogP contribution in [-0.2, 0) is 109 Å². The van der Waals surface area contributed by atoms with Crippen molar-refractivity contribution in [3.63, 3.8) is 0 Å². The molecule has 0 radical (unpaired) electrons. The van der Waals surface area contributed by atoms with Gasteiger partial charge in [-0.25, -0.2) is 0 Å². The van der Waals surface area contributed by atoms with Gasteiger partial charge in [-0.15, -0.1) is 0 Å². The molecule has 27 unspecified atom stereocenters. The minimum absolute atomic E-state index is 0.0464. The fourth-order valence-corrected chi connectivity index (χ4v) is 30.7. The maximum absolute atomic E-state index is 12.2. The molecule has 468 valence electrons. The summed E-state index contributed by atoms with van der Waals surface area (Å²) in [6.45, 7) is 32.9. The monoisotopic (exact) mass is 1280 g/mol. The highest BCUT2D eigenvalue weighted by Gasteiger charge is 2.86. The summed E-state index contributed by atoms with van der Waals surface area (Å²) in [5.74, 6) is 0.819. The SMILES string of the molecule is CC1(C)C2CC3C(O2)C1OS3(=O)=O.CC1(C)C2CC3C(O2)C1OS3(=O)=O.CC12CC3C(O1)C(OS3(=O)=O)C2(C)C.CC1C2(C)CC3C1(C)C(C)(OS3(=O)=O)C2(C)C.CC1C2CC3C(C)(O2)C1OS3(=O)=O.CC1C2CC3C(O2)C1OS3(=O)=O. The lowest BCUT2D eigenvalue weighted by Gasteiger charge is -2.49. The van der Waals surface area contributed by atoms with E-state index in [1.165, 1.54) is 0 Å². The van der Waals surface area contributed by atoms with E-state index in [4.69, 9.17) is 48.8 Å². The Bertz CT molecular complexity index is 3400. The second-order valence-electron chi connectivity index (χ2n) is 30.3. The standard InChI is InChI=1S/C13H22O3S.C9H14O4S.3C8H12O4S.C7H10O4S/c1-8-11(4)7-9-12(8,5)13(6,10(11,2)3)16-17(9,14)15;1-8(2)7-6-5(14(10,11)13-7)4-9(8,3)12-6;2*1-8(2)5-3-4-6(11-5)7(8)12-13(4,9)10;1-4-5-3-6-8(2,11-5)7(4)12-13(6,9)10;1-3-4-2-5-7(10-4)6(3)11-12(5,8)9/h8-9H,7H2,1-6H3;5-7H,4H2,1-3H3;3*4-7H,3H2,1-2H3;3-7H,2H2,1H3. The average molecular weight is 1280 g/mol. The Morgan fingerprint density at radius 3 is 1.32 bits per heavy atom. The molecular weight excluding hydrogens is 1200 g/mol. The molecule has 16 aliphatic heterocycles. The summed E-state index contributed by atoms with van der Waals surface area (Å²) < 4.78 is 199. The smallest absolute Gasteiger partial charge is 0.273 e. The first-order valence-electron chi connectivity index (χ1n) is 29.0. The summed E-state index contributed by atoms with van der Waals surface area (Å²) >= 11 is 0. The number of hydrogen-bond donors (Lipinski definition) is 0. The van der Waals surface area contributed by atoms with E-state index in [-0.39, 0.29) is 140 Å². The van der Waals surface area contributed by atoms with Crippen LogP contribution < -0.4 is 0 Å². The topological polar surface area (TPSA) is 306 Å². The van der Waals surface area contributed by atoms with Crippen LogP contribution in [0.3, 0.4) is 0 Å². The van der Waals surface area contributed by atoms with Crippen LogP contribution in [-0.4, -0.2) is 178 Å². The maximum atomic E-state index is 12.2. The molecule has 27 atom stereocenters. The predicted octanol–water partition coefficient (Wildman–Crippen LogP) is 3.97. The Kier molecular flexibility index (Phi) is 12.5. The van der Waals surface area contributed by atoms with Crippen molar-refractivity contribution in [1.82, 2.24) is 0 Å². The summed E-state index contributed by atoms with van der Waals surface area (Å²) in [6.07, 6.45) is 2.05. The molecule has 0 aromatic heterocycles. The molecule has 82 heavy (non-hydrogen) atoms. The molecular formula is C53H82O23S6. The summed E-state index contributed by atoms with van der Waals surface area (Å²) in [7, 11) is -20.0. The summed E-state index contributed by atoms with van der Waals surface area (Å²) in [4.78, 5) is 0. The van der Waals surface area contributed by atoms with Crippen molar-refractivity contribution in [1.29, 1.82) is 0 Å². The highest BCUT2D eigenvalue weighted by Crippen LogP contribution is 2.82. The lowest BCUT2D eigenvalue weighted by atomic mass is 9.57. The zero-order valence-electron chi connectivity index (χ0n) is 49.3. The van der Waals surface area contributed by atoms with Gasteiger partial charge >= 0.3 is 0 Å². The minimum atomic E-state index is -3.39. The Morgan fingerprint density at radius 1 is 0.402 bits per heavy atom. The Labute approximate surface area is 484 Å². The van der Waals surface area contributed by atoms with Crippen molar-refractivity contribution in [2.75, 3.05) is 0 Å². The van der Waals surface area contributed by atoms with E-state index >= 15 is 0 Å². The molecule has 0 aromatic rings. The molecule has 2 saturated carbocycles.